The van der Waals surface area contributed by atoms with E-state index < -0.39 is 0 Å². The summed E-state index contributed by atoms with van der Waals surface area (Å²) >= 11 is 1.72. The minimum absolute atomic E-state index is 0.126. The van der Waals surface area contributed by atoms with Gasteiger partial charge in [-0.3, -0.25) is 9.69 Å². The second-order valence-corrected chi connectivity index (χ2v) is 8.62. The minimum Gasteiger partial charge on any atom is -0.497 e. The summed E-state index contributed by atoms with van der Waals surface area (Å²) in [6.07, 6.45) is 1.79. The van der Waals surface area contributed by atoms with Crippen molar-refractivity contribution in [3.05, 3.63) is 46.8 Å². The summed E-state index contributed by atoms with van der Waals surface area (Å²) < 4.78 is 5.23. The first-order valence-electron chi connectivity index (χ1n) is 8.79. The second kappa shape index (κ2) is 6.46. The maximum absolute atomic E-state index is 12.6. The second-order valence-electron chi connectivity index (χ2n) is 7.35. The third kappa shape index (κ3) is 3.31. The molecular formula is C20H24N2O2S. The number of benzene rings is 1. The highest BCUT2D eigenvalue weighted by molar-refractivity contribution is 7.16. The Morgan fingerprint density at radius 1 is 1.16 bits per heavy atom. The number of ether oxygens (including phenoxy) is 1. The van der Waals surface area contributed by atoms with E-state index in [1.165, 1.54) is 10.4 Å². The summed E-state index contributed by atoms with van der Waals surface area (Å²) in [6.45, 7) is 5.97. The minimum atomic E-state index is 0.126. The van der Waals surface area contributed by atoms with Gasteiger partial charge in [-0.05, 0) is 49.7 Å². The van der Waals surface area contributed by atoms with E-state index in [-0.39, 0.29) is 11.3 Å². The quantitative estimate of drug-likeness (QED) is 0.837. The number of hydrogen-bond donors (Lipinski definition) is 0. The summed E-state index contributed by atoms with van der Waals surface area (Å²) in [5.74, 6) is 1.18. The van der Waals surface area contributed by atoms with E-state index in [2.05, 4.69) is 36.1 Å². The predicted molar refractivity (Wildman–Crippen MR) is 101 cm³/mol. The fourth-order valence-electron chi connectivity index (χ4n) is 4.09. The average Bonchev–Trinajstić information content (AvgIpc) is 3.28. The van der Waals surface area contributed by atoms with Crippen molar-refractivity contribution in [3.63, 3.8) is 0 Å². The van der Waals surface area contributed by atoms with E-state index in [0.717, 1.165) is 43.4 Å². The Kier molecular flexibility index (Phi) is 4.29. The third-order valence-electron chi connectivity index (χ3n) is 5.40. The molecule has 0 N–H and O–H groups in total. The van der Waals surface area contributed by atoms with Crippen molar-refractivity contribution in [1.29, 1.82) is 0 Å². The molecule has 0 bridgehead atoms. The van der Waals surface area contributed by atoms with Gasteiger partial charge in [0.15, 0.2) is 0 Å². The Hall–Kier alpha value is -1.85. The van der Waals surface area contributed by atoms with Crippen LogP contribution in [0.25, 0.3) is 0 Å². The van der Waals surface area contributed by atoms with Crippen molar-refractivity contribution in [3.8, 4) is 5.75 Å². The number of amides is 1. The van der Waals surface area contributed by atoms with Crippen LogP contribution in [-0.4, -0.2) is 37.6 Å². The van der Waals surface area contributed by atoms with Crippen LogP contribution in [0.4, 0.5) is 5.00 Å². The van der Waals surface area contributed by atoms with Gasteiger partial charge in [0, 0.05) is 36.3 Å². The van der Waals surface area contributed by atoms with Crippen molar-refractivity contribution in [2.45, 2.75) is 26.3 Å². The van der Waals surface area contributed by atoms with Gasteiger partial charge < -0.3 is 9.64 Å². The van der Waals surface area contributed by atoms with Crippen LogP contribution >= 0.6 is 11.3 Å². The van der Waals surface area contributed by atoms with Crippen LogP contribution < -0.4 is 9.64 Å². The number of carbonyl (C=O) groups excluding carboxylic acids is 1. The molecule has 4 nitrogen and oxygen atoms in total. The number of aryl methyl sites for hydroxylation is 1. The molecule has 0 radical (unpaired) electrons. The SMILES string of the molecule is COc1ccc(CN2CCC3(CC(=O)N(c4ccc(C)s4)C3)C2)cc1. The predicted octanol–water partition coefficient (Wildman–Crippen LogP) is 3.69. The van der Waals surface area contributed by atoms with Crippen LogP contribution in [0.1, 0.15) is 23.3 Å². The molecule has 1 spiro atoms. The summed E-state index contributed by atoms with van der Waals surface area (Å²) in [5.41, 5.74) is 1.43. The van der Waals surface area contributed by atoms with Gasteiger partial charge in [-0.25, -0.2) is 0 Å². The summed E-state index contributed by atoms with van der Waals surface area (Å²) in [5, 5.41) is 1.10. The topological polar surface area (TPSA) is 32.8 Å². The van der Waals surface area contributed by atoms with Crippen LogP contribution in [0.15, 0.2) is 36.4 Å². The molecule has 2 aliphatic rings. The van der Waals surface area contributed by atoms with Gasteiger partial charge in [0.1, 0.15) is 5.75 Å². The normalized spacial score (nSPS) is 23.8. The van der Waals surface area contributed by atoms with E-state index >= 15 is 0 Å². The number of likely N-dealkylation sites (tertiary alicyclic amines) is 1. The molecule has 2 aromatic rings. The first-order valence-corrected chi connectivity index (χ1v) is 9.61. The molecule has 2 aliphatic heterocycles. The van der Waals surface area contributed by atoms with Crippen LogP contribution in [0.3, 0.4) is 0 Å². The lowest BCUT2D eigenvalue weighted by Crippen LogP contribution is -2.30. The van der Waals surface area contributed by atoms with Crippen molar-refractivity contribution in [1.82, 2.24) is 4.90 Å². The van der Waals surface area contributed by atoms with Gasteiger partial charge in [-0.15, -0.1) is 11.3 Å². The van der Waals surface area contributed by atoms with Gasteiger partial charge in [0.05, 0.1) is 12.1 Å². The largest absolute Gasteiger partial charge is 0.497 e. The highest BCUT2D eigenvalue weighted by atomic mass is 32.1. The van der Waals surface area contributed by atoms with E-state index in [4.69, 9.17) is 4.74 Å². The lowest BCUT2D eigenvalue weighted by molar-refractivity contribution is -0.117. The lowest BCUT2D eigenvalue weighted by atomic mass is 9.86. The Bertz CT molecular complexity index is 770. The summed E-state index contributed by atoms with van der Waals surface area (Å²) in [6, 6.07) is 12.5. The third-order valence-corrected chi connectivity index (χ3v) is 6.42. The van der Waals surface area contributed by atoms with Gasteiger partial charge in [0.25, 0.3) is 0 Å². The maximum atomic E-state index is 12.6. The van der Waals surface area contributed by atoms with E-state index in [1.54, 1.807) is 18.4 Å². The fraction of sp³-hybridized carbons (Fsp3) is 0.450. The molecule has 3 heterocycles. The molecule has 25 heavy (non-hydrogen) atoms. The van der Waals surface area contributed by atoms with Crippen molar-refractivity contribution in [2.75, 3.05) is 31.6 Å². The highest BCUT2D eigenvalue weighted by Gasteiger charge is 2.47. The first kappa shape index (κ1) is 16.6. The molecule has 4 rings (SSSR count). The zero-order chi connectivity index (χ0) is 17.4. The maximum Gasteiger partial charge on any atom is 0.228 e. The number of hydrogen-bond acceptors (Lipinski definition) is 4. The van der Waals surface area contributed by atoms with Crippen LogP contribution in [0.5, 0.6) is 5.75 Å². The summed E-state index contributed by atoms with van der Waals surface area (Å²) in [4.78, 5) is 18.3. The number of methoxy groups -OCH3 is 1. The van der Waals surface area contributed by atoms with Crippen LogP contribution in [-0.2, 0) is 11.3 Å². The van der Waals surface area contributed by atoms with Crippen molar-refractivity contribution >= 4 is 22.2 Å². The number of thiophene rings is 1. The Morgan fingerprint density at radius 3 is 2.64 bits per heavy atom. The molecule has 1 aromatic heterocycles. The van der Waals surface area contributed by atoms with E-state index in [9.17, 15) is 4.79 Å². The molecule has 1 atom stereocenters. The van der Waals surface area contributed by atoms with Crippen molar-refractivity contribution in [2.24, 2.45) is 5.41 Å². The fourth-order valence-corrected chi connectivity index (χ4v) is 4.97. The number of carbonyl (C=O) groups is 1. The zero-order valence-corrected chi connectivity index (χ0v) is 15.6. The standard InChI is InChI=1S/C20H24N2O2S/c1-15-3-8-19(25-15)22-14-20(11-18(22)23)9-10-21(13-20)12-16-4-6-17(24-2)7-5-16/h3-8H,9-14H2,1-2H3. The van der Waals surface area contributed by atoms with Crippen molar-refractivity contribution < 1.29 is 9.53 Å². The highest BCUT2D eigenvalue weighted by Crippen LogP contribution is 2.43. The molecule has 2 saturated heterocycles. The number of rotatable bonds is 4. The van der Waals surface area contributed by atoms with Crippen LogP contribution in [0.2, 0.25) is 0 Å². The van der Waals surface area contributed by atoms with Gasteiger partial charge in [-0.1, -0.05) is 12.1 Å². The number of anilines is 1. The van der Waals surface area contributed by atoms with Gasteiger partial charge >= 0.3 is 0 Å². The number of nitrogens with zero attached hydrogens (tertiary/aromatic N) is 2. The molecule has 132 valence electrons. The molecule has 1 aromatic carbocycles. The van der Waals surface area contributed by atoms with E-state index in [1.807, 2.05) is 17.0 Å². The Balaban J connectivity index is 1.42. The molecule has 2 fully saturated rings. The molecule has 0 saturated carbocycles. The smallest absolute Gasteiger partial charge is 0.228 e. The molecule has 0 aliphatic carbocycles. The zero-order valence-electron chi connectivity index (χ0n) is 14.8. The molecular weight excluding hydrogens is 332 g/mol. The van der Waals surface area contributed by atoms with E-state index in [0.29, 0.717) is 6.42 Å². The lowest BCUT2D eigenvalue weighted by Gasteiger charge is -2.24. The molecule has 1 unspecified atom stereocenters. The van der Waals surface area contributed by atoms with Crippen LogP contribution in [0, 0.1) is 12.3 Å². The Labute approximate surface area is 153 Å². The van der Waals surface area contributed by atoms with Gasteiger partial charge in [-0.2, -0.15) is 0 Å². The molecule has 5 heteroatoms. The first-order chi connectivity index (χ1) is 12.1. The average molecular weight is 356 g/mol. The monoisotopic (exact) mass is 356 g/mol. The Morgan fingerprint density at radius 2 is 1.96 bits per heavy atom. The molecule has 1 amide bonds. The van der Waals surface area contributed by atoms with Gasteiger partial charge in [0.2, 0.25) is 5.91 Å². The summed E-state index contributed by atoms with van der Waals surface area (Å²) in [7, 11) is 1.69.